The van der Waals surface area contributed by atoms with E-state index in [0.29, 0.717) is 78.3 Å². The van der Waals surface area contributed by atoms with Gasteiger partial charge in [-0.25, -0.2) is 0 Å². The van der Waals surface area contributed by atoms with Gasteiger partial charge in [0.15, 0.2) is 0 Å². The Labute approximate surface area is 246 Å². The van der Waals surface area contributed by atoms with E-state index in [1.54, 1.807) is 0 Å². The maximum absolute atomic E-state index is 5.97. The number of hydrogen-bond donors (Lipinski definition) is 0. The van der Waals surface area contributed by atoms with E-state index >= 15 is 0 Å². The number of ether oxygens (including phenoxy) is 8. The first-order valence-electron chi connectivity index (χ1n) is 14.6. The molecule has 2 aliphatic rings. The number of fused-ring (bicyclic) bond motifs is 2. The molecule has 2 saturated heterocycles. The van der Waals surface area contributed by atoms with Crippen LogP contribution in [0.1, 0.15) is 11.1 Å². The molecule has 0 aliphatic carbocycles. The molecule has 2 aliphatic heterocycles. The molecular formula is C34H38O8. The lowest BCUT2D eigenvalue weighted by Gasteiger charge is -2.11. The average Bonchev–Trinajstić information content (AvgIpc) is 3.95. The molecule has 8 nitrogen and oxygen atoms in total. The molecule has 4 aromatic rings. The number of rotatable bonds is 19. The number of epoxide rings is 2. The Hall–Kier alpha value is -3.24. The lowest BCUT2D eigenvalue weighted by Crippen LogP contribution is -2.09. The van der Waals surface area contributed by atoms with Crippen LogP contribution in [0.3, 0.4) is 0 Å². The lowest BCUT2D eigenvalue weighted by molar-refractivity contribution is 0.0353. The predicted molar refractivity (Wildman–Crippen MR) is 159 cm³/mol. The molecule has 4 aromatic carbocycles. The minimum atomic E-state index is 0.293. The topological polar surface area (TPSA) is 80.4 Å². The minimum Gasteiger partial charge on any atom is -0.490 e. The summed E-state index contributed by atoms with van der Waals surface area (Å²) in [5.74, 6) is 1.65. The van der Waals surface area contributed by atoms with Crippen LogP contribution in [0.25, 0.3) is 21.5 Å². The third kappa shape index (κ3) is 9.13. The molecule has 0 saturated carbocycles. The molecule has 0 N–H and O–H groups in total. The zero-order valence-electron chi connectivity index (χ0n) is 23.8. The van der Waals surface area contributed by atoms with Gasteiger partial charge in [0.05, 0.1) is 66.1 Å². The van der Waals surface area contributed by atoms with Gasteiger partial charge >= 0.3 is 0 Å². The Kier molecular flexibility index (Phi) is 10.2. The van der Waals surface area contributed by atoms with Crippen molar-refractivity contribution in [2.24, 2.45) is 0 Å². The van der Waals surface area contributed by atoms with E-state index in [2.05, 4.69) is 60.7 Å². The first-order chi connectivity index (χ1) is 20.8. The first-order valence-corrected chi connectivity index (χ1v) is 14.6. The van der Waals surface area contributed by atoms with Crippen molar-refractivity contribution < 1.29 is 37.9 Å². The standard InChI is InChI=1S/C34H38O8/c1-3-29-17-31(7-5-27(29)15-25(1)19-35-9-11-37-21-33-23-41-33)39-13-14-40-32-8-6-28-16-26(2-4-30(28)18-32)20-36-10-12-38-22-34-24-42-34/h1-8,15-18,33-34H,9-14,19-24H2. The molecule has 0 aromatic heterocycles. The molecular weight excluding hydrogens is 536 g/mol. The minimum absolute atomic E-state index is 0.293. The highest BCUT2D eigenvalue weighted by Crippen LogP contribution is 2.24. The van der Waals surface area contributed by atoms with E-state index in [1.807, 2.05) is 12.1 Å². The highest BCUT2D eigenvalue weighted by Gasteiger charge is 2.22. The third-order valence-corrected chi connectivity index (χ3v) is 7.07. The van der Waals surface area contributed by atoms with Crippen molar-refractivity contribution in [1.29, 1.82) is 0 Å². The molecule has 0 bridgehead atoms. The van der Waals surface area contributed by atoms with Crippen LogP contribution < -0.4 is 9.47 Å². The zero-order chi connectivity index (χ0) is 28.4. The molecule has 0 spiro atoms. The summed E-state index contributed by atoms with van der Waals surface area (Å²) < 4.78 is 44.7. The summed E-state index contributed by atoms with van der Waals surface area (Å²) in [6.07, 6.45) is 0.587. The molecule has 2 heterocycles. The monoisotopic (exact) mass is 574 g/mol. The van der Waals surface area contributed by atoms with E-state index in [-0.39, 0.29) is 0 Å². The quantitative estimate of drug-likeness (QED) is 0.110. The van der Waals surface area contributed by atoms with Crippen molar-refractivity contribution in [3.8, 4) is 11.5 Å². The van der Waals surface area contributed by atoms with Crippen LogP contribution in [0.15, 0.2) is 72.8 Å². The van der Waals surface area contributed by atoms with Gasteiger partial charge in [0.2, 0.25) is 0 Å². The molecule has 2 fully saturated rings. The van der Waals surface area contributed by atoms with Gasteiger partial charge in [-0.2, -0.15) is 0 Å². The Morgan fingerprint density at radius 3 is 1.33 bits per heavy atom. The van der Waals surface area contributed by atoms with E-state index in [9.17, 15) is 0 Å². The van der Waals surface area contributed by atoms with Crippen molar-refractivity contribution in [3.63, 3.8) is 0 Å². The van der Waals surface area contributed by atoms with Gasteiger partial charge in [0.1, 0.15) is 36.9 Å². The fourth-order valence-corrected chi connectivity index (χ4v) is 4.60. The molecule has 0 amide bonds. The lowest BCUT2D eigenvalue weighted by atomic mass is 10.1. The normalized spacial score (nSPS) is 17.5. The highest BCUT2D eigenvalue weighted by atomic mass is 16.6. The second kappa shape index (κ2) is 14.8. The summed E-state index contributed by atoms with van der Waals surface area (Å²) in [6, 6.07) is 24.9. The van der Waals surface area contributed by atoms with Crippen molar-refractivity contribution in [2.45, 2.75) is 25.4 Å². The van der Waals surface area contributed by atoms with Crippen LogP contribution in [0, 0.1) is 0 Å². The smallest absolute Gasteiger partial charge is 0.122 e. The maximum atomic E-state index is 5.97. The van der Waals surface area contributed by atoms with Gasteiger partial charge in [0, 0.05) is 0 Å². The fourth-order valence-electron chi connectivity index (χ4n) is 4.60. The van der Waals surface area contributed by atoms with Crippen LogP contribution >= 0.6 is 0 Å². The Balaban J connectivity index is 0.894. The summed E-state index contributed by atoms with van der Waals surface area (Å²) in [6.45, 7) is 7.31. The summed E-state index contributed by atoms with van der Waals surface area (Å²) in [7, 11) is 0. The van der Waals surface area contributed by atoms with E-state index in [1.165, 1.54) is 0 Å². The second-order valence-corrected chi connectivity index (χ2v) is 10.5. The fraction of sp³-hybridized carbons (Fsp3) is 0.412. The van der Waals surface area contributed by atoms with Crippen LogP contribution in [-0.2, 0) is 41.6 Å². The van der Waals surface area contributed by atoms with Crippen LogP contribution in [0.5, 0.6) is 11.5 Å². The Morgan fingerprint density at radius 2 is 0.881 bits per heavy atom. The van der Waals surface area contributed by atoms with Crippen molar-refractivity contribution in [1.82, 2.24) is 0 Å². The molecule has 8 heteroatoms. The molecule has 2 atom stereocenters. The van der Waals surface area contributed by atoms with Crippen LogP contribution in [0.4, 0.5) is 0 Å². The van der Waals surface area contributed by atoms with E-state index < -0.39 is 0 Å². The summed E-state index contributed by atoms with van der Waals surface area (Å²) in [4.78, 5) is 0. The average molecular weight is 575 g/mol. The van der Waals surface area contributed by atoms with Crippen molar-refractivity contribution in [3.05, 3.63) is 83.9 Å². The largest absolute Gasteiger partial charge is 0.490 e. The number of hydrogen-bond acceptors (Lipinski definition) is 8. The van der Waals surface area contributed by atoms with Gasteiger partial charge in [-0.3, -0.25) is 0 Å². The molecule has 2 unspecified atom stereocenters. The predicted octanol–water partition coefficient (Wildman–Crippen LogP) is 5.31. The number of benzene rings is 4. The zero-order valence-corrected chi connectivity index (χ0v) is 23.8. The second-order valence-electron chi connectivity index (χ2n) is 10.5. The van der Waals surface area contributed by atoms with E-state index in [4.69, 9.17) is 37.9 Å². The molecule has 0 radical (unpaired) electrons. The van der Waals surface area contributed by atoms with Gasteiger partial charge in [-0.1, -0.05) is 36.4 Å². The summed E-state index contributed by atoms with van der Waals surface area (Å²) in [5.41, 5.74) is 2.27. The van der Waals surface area contributed by atoms with Crippen LogP contribution in [0.2, 0.25) is 0 Å². The first kappa shape index (κ1) is 28.9. The maximum Gasteiger partial charge on any atom is 0.122 e. The van der Waals surface area contributed by atoms with Gasteiger partial charge in [-0.05, 0) is 69.1 Å². The van der Waals surface area contributed by atoms with Crippen LogP contribution in [-0.4, -0.2) is 78.3 Å². The third-order valence-electron chi connectivity index (χ3n) is 7.07. The summed E-state index contributed by atoms with van der Waals surface area (Å²) >= 11 is 0. The summed E-state index contributed by atoms with van der Waals surface area (Å²) in [5, 5.41) is 4.56. The van der Waals surface area contributed by atoms with Crippen molar-refractivity contribution in [2.75, 3.05) is 66.1 Å². The molecule has 6 rings (SSSR count). The highest BCUT2D eigenvalue weighted by molar-refractivity contribution is 5.85. The van der Waals surface area contributed by atoms with Gasteiger partial charge < -0.3 is 37.9 Å². The van der Waals surface area contributed by atoms with E-state index in [0.717, 1.165) is 57.4 Å². The Morgan fingerprint density at radius 1 is 0.476 bits per heavy atom. The van der Waals surface area contributed by atoms with Gasteiger partial charge in [-0.15, -0.1) is 0 Å². The SMILES string of the molecule is c1cc2cc(OCCOc3ccc4cc(COCCOCC5CO5)ccc4c3)ccc2cc1COCCOCC1CO1. The Bertz CT molecular complexity index is 1320. The molecule has 222 valence electrons. The molecule has 42 heavy (non-hydrogen) atoms. The van der Waals surface area contributed by atoms with Crippen molar-refractivity contribution >= 4 is 21.5 Å². The van der Waals surface area contributed by atoms with Gasteiger partial charge in [0.25, 0.3) is 0 Å².